The molecule has 2 atom stereocenters. The molecule has 0 saturated carbocycles. The smallest absolute Gasteiger partial charge is 0.259 e. The molecule has 3 rings (SSSR count). The van der Waals surface area contributed by atoms with Crippen LogP contribution in [0, 0.1) is 11.3 Å². The van der Waals surface area contributed by atoms with Gasteiger partial charge < -0.3 is 13.8 Å². The third kappa shape index (κ3) is 8.71. The van der Waals surface area contributed by atoms with Crippen molar-refractivity contribution in [1.29, 1.82) is 5.26 Å². The van der Waals surface area contributed by atoms with Crippen LogP contribution in [0.5, 0.6) is 0 Å². The summed E-state index contributed by atoms with van der Waals surface area (Å²) in [7, 11) is 0.640. The van der Waals surface area contributed by atoms with Crippen LogP contribution in [0.15, 0.2) is 91.0 Å². The lowest BCUT2D eigenvalue weighted by Crippen LogP contribution is -2.43. The van der Waals surface area contributed by atoms with E-state index in [4.69, 9.17) is 19.0 Å². The van der Waals surface area contributed by atoms with Crippen LogP contribution in [0.4, 0.5) is 0 Å². The van der Waals surface area contributed by atoms with Gasteiger partial charge in [-0.2, -0.15) is 5.26 Å². The SMILES string of the molecule is COC(CCCCCOP(OCCC#N)N(C(C)C)C(C)C)C(c1ccccc1)(c1ccccc1)c1ccccc1. The minimum Gasteiger partial charge on any atom is -0.380 e. The number of hydrogen-bond acceptors (Lipinski definition) is 5. The highest BCUT2D eigenvalue weighted by Crippen LogP contribution is 2.47. The van der Waals surface area contributed by atoms with Crippen LogP contribution in [-0.2, 0) is 19.2 Å². The van der Waals surface area contributed by atoms with Crippen molar-refractivity contribution in [2.75, 3.05) is 20.3 Å². The van der Waals surface area contributed by atoms with E-state index < -0.39 is 13.9 Å². The zero-order valence-corrected chi connectivity index (χ0v) is 26.3. The first-order chi connectivity index (χ1) is 20.0. The Morgan fingerprint density at radius 2 is 1.17 bits per heavy atom. The van der Waals surface area contributed by atoms with Gasteiger partial charge in [0, 0.05) is 19.2 Å². The molecule has 0 aliphatic heterocycles. The molecule has 0 bridgehead atoms. The maximum atomic E-state index is 8.96. The van der Waals surface area contributed by atoms with Crippen LogP contribution < -0.4 is 0 Å². The third-order valence-electron chi connectivity index (χ3n) is 7.43. The summed E-state index contributed by atoms with van der Waals surface area (Å²) >= 11 is 0. The predicted octanol–water partition coefficient (Wildman–Crippen LogP) is 8.89. The summed E-state index contributed by atoms with van der Waals surface area (Å²) in [6.07, 6.45) is 4.21. The quantitative estimate of drug-likeness (QED) is 0.0863. The van der Waals surface area contributed by atoms with Crippen LogP contribution in [0.2, 0.25) is 0 Å². The molecule has 0 aromatic heterocycles. The lowest BCUT2D eigenvalue weighted by atomic mass is 9.64. The number of benzene rings is 3. The zero-order chi connectivity index (χ0) is 29.5. The number of rotatable bonds is 18. The Balaban J connectivity index is 1.75. The Bertz CT molecular complexity index is 1050. The number of ether oxygens (including phenoxy) is 1. The maximum absolute atomic E-state index is 8.96. The Morgan fingerprint density at radius 1 is 0.707 bits per heavy atom. The zero-order valence-electron chi connectivity index (χ0n) is 25.4. The molecule has 2 unspecified atom stereocenters. The molecule has 0 spiro atoms. The second-order valence-corrected chi connectivity index (χ2v) is 12.3. The van der Waals surface area contributed by atoms with Gasteiger partial charge >= 0.3 is 0 Å². The van der Waals surface area contributed by atoms with Crippen LogP contribution in [0.1, 0.15) is 76.5 Å². The second-order valence-electron chi connectivity index (χ2n) is 10.9. The lowest BCUT2D eigenvalue weighted by Gasteiger charge is -2.42. The molecule has 0 fully saturated rings. The molecule has 0 radical (unpaired) electrons. The van der Waals surface area contributed by atoms with Crippen molar-refractivity contribution in [3.8, 4) is 6.07 Å². The number of methoxy groups -OCH3 is 1. The summed E-state index contributed by atoms with van der Waals surface area (Å²) in [5, 5.41) is 8.96. The molecule has 0 N–H and O–H groups in total. The highest BCUT2D eigenvalue weighted by molar-refractivity contribution is 7.44. The topological polar surface area (TPSA) is 54.7 Å². The highest BCUT2D eigenvalue weighted by atomic mass is 31.2. The largest absolute Gasteiger partial charge is 0.380 e. The van der Waals surface area contributed by atoms with Gasteiger partial charge in [0.2, 0.25) is 0 Å². The van der Waals surface area contributed by atoms with Crippen LogP contribution in [0.25, 0.3) is 0 Å². The van der Waals surface area contributed by atoms with Crippen molar-refractivity contribution in [2.45, 2.75) is 83.4 Å². The fraction of sp³-hybridized carbons (Fsp3) is 0.457. The van der Waals surface area contributed by atoms with E-state index in [2.05, 4.69) is 129 Å². The van der Waals surface area contributed by atoms with E-state index in [1.165, 1.54) is 16.7 Å². The van der Waals surface area contributed by atoms with E-state index in [1.807, 2.05) is 7.11 Å². The first-order valence-electron chi connectivity index (χ1n) is 14.9. The van der Waals surface area contributed by atoms with Gasteiger partial charge in [0.05, 0.1) is 37.2 Å². The molecular weight excluding hydrogens is 527 g/mol. The third-order valence-corrected chi connectivity index (χ3v) is 9.54. The van der Waals surface area contributed by atoms with Crippen molar-refractivity contribution in [2.24, 2.45) is 0 Å². The maximum Gasteiger partial charge on any atom is 0.259 e. The normalized spacial score (nSPS) is 13.4. The van der Waals surface area contributed by atoms with E-state index in [0.29, 0.717) is 31.7 Å². The van der Waals surface area contributed by atoms with E-state index in [-0.39, 0.29) is 6.10 Å². The Hall–Kier alpha value is -2.58. The summed E-state index contributed by atoms with van der Waals surface area (Å²) in [6, 6.07) is 35.1. The molecule has 0 saturated heterocycles. The molecule has 3 aromatic rings. The monoisotopic (exact) mass is 574 g/mol. The molecule has 220 valence electrons. The van der Waals surface area contributed by atoms with Gasteiger partial charge in [-0.25, -0.2) is 4.67 Å². The standard InChI is InChI=1S/C35H47N2O3P/c1-29(2)37(30(3)4)41(40-28-18-26-36)39-27-17-9-16-25-34(38-5)35(31-19-10-6-11-20-31,32-21-12-7-13-22-32)33-23-14-8-15-24-33/h6-8,10-15,19-24,29-30,34H,9,16-18,25,27-28H2,1-5H3. The predicted molar refractivity (Wildman–Crippen MR) is 170 cm³/mol. The summed E-state index contributed by atoms with van der Waals surface area (Å²) in [6.45, 7) is 9.68. The van der Waals surface area contributed by atoms with Crippen molar-refractivity contribution in [3.05, 3.63) is 108 Å². The van der Waals surface area contributed by atoms with Gasteiger partial charge in [0.1, 0.15) is 0 Å². The highest BCUT2D eigenvalue weighted by Gasteiger charge is 2.43. The van der Waals surface area contributed by atoms with Crippen molar-refractivity contribution in [1.82, 2.24) is 4.67 Å². The molecule has 0 aliphatic carbocycles. The minimum absolute atomic E-state index is 0.0561. The second kappa shape index (κ2) is 17.4. The van der Waals surface area contributed by atoms with Gasteiger partial charge in [0.15, 0.2) is 0 Å². The van der Waals surface area contributed by atoms with Gasteiger partial charge in [-0.1, -0.05) is 104 Å². The summed E-state index contributed by atoms with van der Waals surface area (Å²) in [4.78, 5) is 0. The molecule has 0 aliphatic rings. The molecule has 0 amide bonds. The van der Waals surface area contributed by atoms with E-state index in [0.717, 1.165) is 25.7 Å². The van der Waals surface area contributed by atoms with Gasteiger partial charge in [-0.15, -0.1) is 0 Å². The molecule has 3 aromatic carbocycles. The summed E-state index contributed by atoms with van der Waals surface area (Å²) in [5.41, 5.74) is 3.26. The molecule has 5 nitrogen and oxygen atoms in total. The van der Waals surface area contributed by atoms with Gasteiger partial charge in [-0.3, -0.25) is 0 Å². The number of hydrogen-bond donors (Lipinski definition) is 0. The Morgan fingerprint density at radius 3 is 1.59 bits per heavy atom. The average Bonchev–Trinajstić information content (AvgIpc) is 2.99. The number of unbranched alkanes of at least 4 members (excludes halogenated alkanes) is 2. The molecule has 0 heterocycles. The summed E-state index contributed by atoms with van der Waals surface area (Å²) in [5.74, 6) is 0. The van der Waals surface area contributed by atoms with E-state index in [9.17, 15) is 0 Å². The van der Waals surface area contributed by atoms with Crippen LogP contribution in [-0.4, -0.2) is 43.2 Å². The first-order valence-corrected chi connectivity index (χ1v) is 16.0. The van der Waals surface area contributed by atoms with Crippen molar-refractivity contribution >= 4 is 8.53 Å². The number of nitrogens with zero attached hydrogens (tertiary/aromatic N) is 2. The molecule has 41 heavy (non-hydrogen) atoms. The Labute approximate surface area is 249 Å². The van der Waals surface area contributed by atoms with E-state index >= 15 is 0 Å². The molecule has 6 heteroatoms. The lowest BCUT2D eigenvalue weighted by molar-refractivity contribution is 0.0527. The fourth-order valence-electron chi connectivity index (χ4n) is 5.74. The number of nitriles is 1. The Kier molecular flexibility index (Phi) is 14.0. The van der Waals surface area contributed by atoms with Crippen molar-refractivity contribution < 1.29 is 13.8 Å². The first kappa shape index (κ1) is 32.9. The van der Waals surface area contributed by atoms with Crippen molar-refractivity contribution in [3.63, 3.8) is 0 Å². The average molecular weight is 575 g/mol. The van der Waals surface area contributed by atoms with Gasteiger partial charge in [0.25, 0.3) is 8.53 Å². The minimum atomic E-state index is -1.20. The van der Waals surface area contributed by atoms with Crippen LogP contribution in [0.3, 0.4) is 0 Å². The van der Waals surface area contributed by atoms with E-state index in [1.54, 1.807) is 0 Å². The molecular formula is C35H47N2O3P. The van der Waals surface area contributed by atoms with Gasteiger partial charge in [-0.05, 0) is 57.2 Å². The summed E-state index contributed by atoms with van der Waals surface area (Å²) < 4.78 is 21.0. The van der Waals surface area contributed by atoms with Crippen LogP contribution >= 0.6 is 8.53 Å². The fourth-order valence-corrected chi connectivity index (χ4v) is 7.36.